The van der Waals surface area contributed by atoms with E-state index in [-0.39, 0.29) is 11.6 Å². The first-order valence-electron chi connectivity index (χ1n) is 8.49. The average molecular weight is 529 g/mol. The summed E-state index contributed by atoms with van der Waals surface area (Å²) in [6, 6.07) is 9.80. The summed E-state index contributed by atoms with van der Waals surface area (Å²) in [5.74, 6) is 0.436. The Labute approximate surface area is 186 Å². The number of thioether (sulfide) groups is 1. The quantitative estimate of drug-likeness (QED) is 0.276. The molecule has 0 aliphatic carbocycles. The molecule has 1 amide bonds. The Morgan fingerprint density at radius 1 is 1.32 bits per heavy atom. The number of methoxy groups -OCH3 is 1. The van der Waals surface area contributed by atoms with Gasteiger partial charge in [0, 0.05) is 0 Å². The number of para-hydroxylation sites is 1. The summed E-state index contributed by atoms with van der Waals surface area (Å²) >= 11 is 8.63. The summed E-state index contributed by atoms with van der Waals surface area (Å²) < 4.78 is 26.5. The van der Waals surface area contributed by atoms with Crippen molar-refractivity contribution in [1.29, 1.82) is 0 Å². The molecular weight excluding hydrogens is 512 g/mol. The minimum Gasteiger partial charge on any atom is -0.493 e. The molecule has 0 radical (unpaired) electrons. The maximum atomic E-state index is 14.1. The van der Waals surface area contributed by atoms with Crippen LogP contribution in [0, 0.1) is 9.39 Å². The third-order valence-electron chi connectivity index (χ3n) is 3.89. The van der Waals surface area contributed by atoms with Gasteiger partial charge >= 0.3 is 0 Å². The second-order valence-corrected chi connectivity index (χ2v) is 8.69. The standard InChI is InChI=1S/C20H17FINO3S2/c1-3-8-26-18-14(22)9-12(10-16(18)25-2)11-17-19(24)23(20(27)28-17)15-7-5-4-6-13(15)21/h4-7,9-11H,3,8H2,1-2H3/b17-11+. The third kappa shape index (κ3) is 4.33. The van der Waals surface area contributed by atoms with Gasteiger partial charge in [-0.15, -0.1) is 0 Å². The van der Waals surface area contributed by atoms with E-state index in [1.807, 2.05) is 19.1 Å². The molecule has 3 rings (SSSR count). The summed E-state index contributed by atoms with van der Waals surface area (Å²) in [5.41, 5.74) is 0.933. The summed E-state index contributed by atoms with van der Waals surface area (Å²) in [6.45, 7) is 2.62. The molecule has 0 spiro atoms. The third-order valence-corrected chi connectivity index (χ3v) is 5.99. The van der Waals surface area contributed by atoms with Gasteiger partial charge in [0.15, 0.2) is 15.8 Å². The minimum absolute atomic E-state index is 0.156. The molecule has 8 heteroatoms. The van der Waals surface area contributed by atoms with E-state index in [1.54, 1.807) is 25.3 Å². The average Bonchev–Trinajstić information content (AvgIpc) is 2.94. The van der Waals surface area contributed by atoms with Gasteiger partial charge in [0.2, 0.25) is 0 Å². The Kier molecular flexibility index (Phi) is 6.95. The lowest BCUT2D eigenvalue weighted by molar-refractivity contribution is -0.113. The normalized spacial score (nSPS) is 15.4. The van der Waals surface area contributed by atoms with Crippen molar-refractivity contribution in [3.05, 3.63) is 56.3 Å². The number of anilines is 1. The number of carbonyl (C=O) groups is 1. The zero-order valence-electron chi connectivity index (χ0n) is 15.2. The van der Waals surface area contributed by atoms with Crippen LogP contribution in [-0.4, -0.2) is 23.9 Å². The first-order chi connectivity index (χ1) is 13.5. The van der Waals surface area contributed by atoms with Crippen LogP contribution in [-0.2, 0) is 4.79 Å². The van der Waals surface area contributed by atoms with Crippen molar-refractivity contribution in [1.82, 2.24) is 0 Å². The molecule has 0 N–H and O–H groups in total. The second kappa shape index (κ2) is 9.23. The summed E-state index contributed by atoms with van der Waals surface area (Å²) in [6.07, 6.45) is 2.62. The van der Waals surface area contributed by atoms with E-state index in [0.29, 0.717) is 27.3 Å². The highest BCUT2D eigenvalue weighted by atomic mass is 127. The number of carbonyl (C=O) groups excluding carboxylic acids is 1. The molecule has 4 nitrogen and oxygen atoms in total. The Morgan fingerprint density at radius 3 is 2.75 bits per heavy atom. The topological polar surface area (TPSA) is 38.8 Å². The van der Waals surface area contributed by atoms with Crippen molar-refractivity contribution in [3.63, 3.8) is 0 Å². The molecule has 1 aliphatic rings. The number of amides is 1. The van der Waals surface area contributed by atoms with E-state index in [1.165, 1.54) is 17.0 Å². The van der Waals surface area contributed by atoms with E-state index < -0.39 is 5.82 Å². The van der Waals surface area contributed by atoms with Crippen molar-refractivity contribution in [3.8, 4) is 11.5 Å². The van der Waals surface area contributed by atoms with Crippen LogP contribution in [0.1, 0.15) is 18.9 Å². The van der Waals surface area contributed by atoms with Crippen molar-refractivity contribution in [2.45, 2.75) is 13.3 Å². The fourth-order valence-corrected chi connectivity index (χ4v) is 4.69. The monoisotopic (exact) mass is 529 g/mol. The maximum Gasteiger partial charge on any atom is 0.270 e. The molecule has 0 unspecified atom stereocenters. The fraction of sp³-hybridized carbons (Fsp3) is 0.200. The Morgan fingerprint density at radius 2 is 2.07 bits per heavy atom. The SMILES string of the molecule is CCCOc1c(I)cc(/C=C2/SC(=S)N(c3ccccc3F)C2=O)cc1OC. The first-order valence-corrected chi connectivity index (χ1v) is 10.8. The highest BCUT2D eigenvalue weighted by Crippen LogP contribution is 2.39. The fourth-order valence-electron chi connectivity index (χ4n) is 2.63. The van der Waals surface area contributed by atoms with Crippen LogP contribution in [0.3, 0.4) is 0 Å². The molecule has 146 valence electrons. The van der Waals surface area contributed by atoms with Gasteiger partial charge < -0.3 is 9.47 Å². The first kappa shape index (κ1) is 21.1. The lowest BCUT2D eigenvalue weighted by Crippen LogP contribution is -2.28. The van der Waals surface area contributed by atoms with Crippen LogP contribution in [0.4, 0.5) is 10.1 Å². The van der Waals surface area contributed by atoms with Gasteiger partial charge in [0.1, 0.15) is 5.82 Å². The zero-order valence-corrected chi connectivity index (χ0v) is 19.0. The van der Waals surface area contributed by atoms with Gasteiger partial charge in [-0.1, -0.05) is 43.0 Å². The molecule has 0 aromatic heterocycles. The summed E-state index contributed by atoms with van der Waals surface area (Å²) in [5, 5.41) is 0. The Bertz CT molecular complexity index is 964. The van der Waals surface area contributed by atoms with E-state index in [0.717, 1.165) is 27.3 Å². The van der Waals surface area contributed by atoms with Crippen LogP contribution < -0.4 is 14.4 Å². The van der Waals surface area contributed by atoms with Gasteiger partial charge in [-0.05, 0) is 64.9 Å². The Hall–Kier alpha value is -1.65. The molecule has 0 atom stereocenters. The van der Waals surface area contributed by atoms with E-state index in [2.05, 4.69) is 22.6 Å². The summed E-state index contributed by atoms with van der Waals surface area (Å²) in [4.78, 5) is 14.5. The van der Waals surface area contributed by atoms with Gasteiger partial charge in [-0.2, -0.15) is 0 Å². The van der Waals surface area contributed by atoms with E-state index in [9.17, 15) is 9.18 Å². The number of thiocarbonyl (C=S) groups is 1. The van der Waals surface area contributed by atoms with Crippen molar-refractivity contribution >= 4 is 68.6 Å². The van der Waals surface area contributed by atoms with Gasteiger partial charge in [0.25, 0.3) is 5.91 Å². The smallest absolute Gasteiger partial charge is 0.270 e. The molecule has 1 aliphatic heterocycles. The molecule has 1 fully saturated rings. The lowest BCUT2D eigenvalue weighted by Gasteiger charge is -2.15. The number of halogens is 2. The molecule has 28 heavy (non-hydrogen) atoms. The molecule has 0 bridgehead atoms. The number of ether oxygens (including phenoxy) is 2. The number of benzene rings is 2. The molecule has 1 saturated heterocycles. The number of rotatable bonds is 6. The number of nitrogens with zero attached hydrogens (tertiary/aromatic N) is 1. The van der Waals surface area contributed by atoms with Gasteiger partial charge in [-0.25, -0.2) is 4.39 Å². The van der Waals surface area contributed by atoms with Crippen molar-refractivity contribution in [2.24, 2.45) is 0 Å². The van der Waals surface area contributed by atoms with E-state index in [4.69, 9.17) is 21.7 Å². The number of hydrogen-bond donors (Lipinski definition) is 0. The minimum atomic E-state index is -0.492. The van der Waals surface area contributed by atoms with E-state index >= 15 is 0 Å². The van der Waals surface area contributed by atoms with Crippen molar-refractivity contribution in [2.75, 3.05) is 18.6 Å². The molecule has 2 aromatic carbocycles. The van der Waals surface area contributed by atoms with Crippen LogP contribution in [0.5, 0.6) is 11.5 Å². The van der Waals surface area contributed by atoms with Gasteiger partial charge in [-0.3, -0.25) is 9.69 Å². The van der Waals surface area contributed by atoms with Crippen molar-refractivity contribution < 1.29 is 18.7 Å². The largest absolute Gasteiger partial charge is 0.493 e. The molecule has 1 heterocycles. The maximum absolute atomic E-state index is 14.1. The van der Waals surface area contributed by atoms with Crippen LogP contribution in [0.2, 0.25) is 0 Å². The molecular formula is C20H17FINO3S2. The predicted molar refractivity (Wildman–Crippen MR) is 124 cm³/mol. The molecule has 0 saturated carbocycles. The van der Waals surface area contributed by atoms with Crippen LogP contribution in [0.25, 0.3) is 6.08 Å². The predicted octanol–water partition coefficient (Wildman–Crippen LogP) is 5.63. The van der Waals surface area contributed by atoms with Crippen LogP contribution >= 0.6 is 46.6 Å². The highest BCUT2D eigenvalue weighted by Gasteiger charge is 2.34. The summed E-state index contributed by atoms with van der Waals surface area (Å²) in [7, 11) is 1.58. The Balaban J connectivity index is 1.94. The van der Waals surface area contributed by atoms with Gasteiger partial charge in [0.05, 0.1) is 27.9 Å². The zero-order chi connectivity index (χ0) is 20.3. The molecule has 2 aromatic rings. The number of hydrogen-bond acceptors (Lipinski definition) is 5. The second-order valence-electron chi connectivity index (χ2n) is 5.85. The lowest BCUT2D eigenvalue weighted by atomic mass is 10.1. The highest BCUT2D eigenvalue weighted by molar-refractivity contribution is 14.1. The van der Waals surface area contributed by atoms with Crippen LogP contribution in [0.15, 0.2) is 41.3 Å².